The maximum absolute atomic E-state index is 13.3. The number of carbonyl (C=O) groups is 1. The molecule has 2 aromatic carbocycles. The van der Waals surface area contributed by atoms with E-state index in [0.717, 1.165) is 23.5 Å². The number of aromatic nitrogens is 1. The van der Waals surface area contributed by atoms with Crippen molar-refractivity contribution >= 4 is 43.2 Å². The number of non-ortho nitro benzene ring substituents is 1. The maximum atomic E-state index is 13.3. The molecule has 1 aromatic heterocycles. The van der Waals surface area contributed by atoms with Crippen LogP contribution in [-0.2, 0) is 26.1 Å². The number of nitro groups is 1. The number of nitrogens with zero attached hydrogens (tertiary/aromatic N) is 4. The lowest BCUT2D eigenvalue weighted by molar-refractivity contribution is -0.384. The first-order chi connectivity index (χ1) is 17.2. The van der Waals surface area contributed by atoms with E-state index in [1.807, 2.05) is 6.92 Å². The van der Waals surface area contributed by atoms with E-state index in [2.05, 4.69) is 4.99 Å². The number of rotatable bonds is 8. The average molecular weight is 537 g/mol. The Bertz CT molecular complexity index is 1450. The van der Waals surface area contributed by atoms with Crippen molar-refractivity contribution in [3.63, 3.8) is 0 Å². The highest BCUT2D eigenvalue weighted by molar-refractivity contribution is 7.89. The zero-order valence-electron chi connectivity index (χ0n) is 19.5. The number of fused-ring (bicyclic) bond motifs is 1. The Morgan fingerprint density at radius 3 is 2.72 bits per heavy atom. The van der Waals surface area contributed by atoms with Crippen molar-refractivity contribution in [3.05, 3.63) is 63.2 Å². The third kappa shape index (κ3) is 5.53. The zero-order chi connectivity index (χ0) is 25.9. The highest BCUT2D eigenvalue weighted by Gasteiger charge is 2.33. The van der Waals surface area contributed by atoms with Crippen molar-refractivity contribution in [2.45, 2.75) is 31.2 Å². The van der Waals surface area contributed by atoms with Gasteiger partial charge in [-0.1, -0.05) is 11.3 Å². The van der Waals surface area contributed by atoms with E-state index in [9.17, 15) is 27.7 Å². The van der Waals surface area contributed by atoms with E-state index in [4.69, 9.17) is 4.74 Å². The number of piperidine rings is 1. The van der Waals surface area contributed by atoms with E-state index < -0.39 is 32.6 Å². The van der Waals surface area contributed by atoms with Crippen LogP contribution in [0.3, 0.4) is 0 Å². The molecular formula is C23H25FN4O6S2. The second-order valence-corrected chi connectivity index (χ2v) is 11.2. The molecule has 1 amide bonds. The summed E-state index contributed by atoms with van der Waals surface area (Å²) in [6, 6.07) is 9.05. The fourth-order valence-electron chi connectivity index (χ4n) is 4.08. The highest BCUT2D eigenvalue weighted by Crippen LogP contribution is 2.26. The van der Waals surface area contributed by atoms with E-state index in [1.165, 1.54) is 28.6 Å². The van der Waals surface area contributed by atoms with Gasteiger partial charge >= 0.3 is 0 Å². The molecule has 0 spiro atoms. The van der Waals surface area contributed by atoms with Crippen LogP contribution in [0.4, 0.5) is 10.1 Å². The van der Waals surface area contributed by atoms with Crippen LogP contribution in [0.2, 0.25) is 0 Å². The van der Waals surface area contributed by atoms with Crippen LogP contribution >= 0.6 is 11.3 Å². The van der Waals surface area contributed by atoms with Crippen molar-refractivity contribution in [2.75, 3.05) is 26.3 Å². The predicted octanol–water partition coefficient (Wildman–Crippen LogP) is 3.31. The summed E-state index contributed by atoms with van der Waals surface area (Å²) in [5, 5.41) is 11.2. The Balaban J connectivity index is 1.63. The van der Waals surface area contributed by atoms with E-state index in [-0.39, 0.29) is 23.7 Å². The summed E-state index contributed by atoms with van der Waals surface area (Å²) in [6.45, 7) is 3.37. The first kappa shape index (κ1) is 26.1. The van der Waals surface area contributed by atoms with E-state index >= 15 is 0 Å². The van der Waals surface area contributed by atoms with Gasteiger partial charge in [0.25, 0.3) is 11.6 Å². The number of hydrogen-bond acceptors (Lipinski definition) is 7. The van der Waals surface area contributed by atoms with Gasteiger partial charge in [0.2, 0.25) is 10.0 Å². The van der Waals surface area contributed by atoms with Crippen molar-refractivity contribution < 1.29 is 27.3 Å². The first-order valence-electron chi connectivity index (χ1n) is 11.4. The first-order valence-corrected chi connectivity index (χ1v) is 13.7. The predicted molar refractivity (Wildman–Crippen MR) is 131 cm³/mol. The van der Waals surface area contributed by atoms with Crippen LogP contribution in [0.15, 0.2) is 52.4 Å². The van der Waals surface area contributed by atoms with Gasteiger partial charge in [-0.05, 0) is 50.1 Å². The molecule has 0 aliphatic carbocycles. The standard InChI is InChI=1S/C23H25FN4O6S2/c1-2-34-13-12-27-20-10-7-18(28(30)31)14-21(20)35-23(27)25-22(29)16-4-3-11-26(15-16)36(32,33)19-8-5-17(24)6-9-19/h5-10,14,16H,2-4,11-13,15H2,1H3. The minimum Gasteiger partial charge on any atom is -0.380 e. The van der Waals surface area contributed by atoms with Gasteiger partial charge in [0.05, 0.1) is 32.6 Å². The van der Waals surface area contributed by atoms with Crippen molar-refractivity contribution in [2.24, 2.45) is 10.9 Å². The lowest BCUT2D eigenvalue weighted by Crippen LogP contribution is -2.42. The lowest BCUT2D eigenvalue weighted by Gasteiger charge is -2.30. The summed E-state index contributed by atoms with van der Waals surface area (Å²) in [5.74, 6) is -1.64. The molecule has 13 heteroatoms. The maximum Gasteiger partial charge on any atom is 0.270 e. The third-order valence-electron chi connectivity index (χ3n) is 5.93. The number of sulfonamides is 1. The monoisotopic (exact) mass is 536 g/mol. The molecule has 2 heterocycles. The molecule has 0 bridgehead atoms. The summed E-state index contributed by atoms with van der Waals surface area (Å²) in [4.78, 5) is 28.5. The summed E-state index contributed by atoms with van der Waals surface area (Å²) < 4.78 is 48.4. The van der Waals surface area contributed by atoms with Crippen LogP contribution < -0.4 is 4.80 Å². The van der Waals surface area contributed by atoms with Gasteiger partial charge < -0.3 is 9.30 Å². The normalized spacial score (nSPS) is 17.5. The molecule has 1 atom stereocenters. The number of amides is 1. The largest absolute Gasteiger partial charge is 0.380 e. The quantitative estimate of drug-likeness (QED) is 0.247. The number of thiazole rings is 1. The van der Waals surface area contributed by atoms with Crippen LogP contribution in [0.25, 0.3) is 10.2 Å². The molecule has 3 aromatic rings. The van der Waals surface area contributed by atoms with Gasteiger partial charge in [-0.15, -0.1) is 0 Å². The number of halogens is 1. The SMILES string of the molecule is CCOCCn1c(=NC(=O)C2CCCN(S(=O)(=O)c3ccc(F)cc3)C2)sc2cc([N+](=O)[O-])ccc21. The summed E-state index contributed by atoms with van der Waals surface area (Å²) in [5.41, 5.74) is 0.633. The van der Waals surface area contributed by atoms with Crippen LogP contribution in [0, 0.1) is 21.8 Å². The molecule has 1 saturated heterocycles. The molecular weight excluding hydrogens is 511 g/mol. The molecule has 0 radical (unpaired) electrons. The van der Waals surface area contributed by atoms with Crippen LogP contribution in [0.1, 0.15) is 19.8 Å². The molecule has 0 N–H and O–H groups in total. The molecule has 1 aliphatic rings. The highest BCUT2D eigenvalue weighted by atomic mass is 32.2. The Morgan fingerprint density at radius 1 is 1.28 bits per heavy atom. The third-order valence-corrected chi connectivity index (χ3v) is 8.85. The van der Waals surface area contributed by atoms with Gasteiger partial charge in [0.15, 0.2) is 4.80 Å². The van der Waals surface area contributed by atoms with Crippen molar-refractivity contribution in [3.8, 4) is 0 Å². The lowest BCUT2D eigenvalue weighted by atomic mass is 9.99. The minimum atomic E-state index is -3.88. The summed E-state index contributed by atoms with van der Waals surface area (Å²) in [6.07, 6.45) is 0.961. The number of benzene rings is 2. The second kappa shape index (κ2) is 10.9. The van der Waals surface area contributed by atoms with Crippen molar-refractivity contribution in [1.29, 1.82) is 0 Å². The minimum absolute atomic E-state index is 0.0304. The van der Waals surface area contributed by atoms with E-state index in [1.54, 1.807) is 10.6 Å². The number of carbonyl (C=O) groups excluding carboxylic acids is 1. The molecule has 0 saturated carbocycles. The fourth-order valence-corrected chi connectivity index (χ4v) is 6.70. The second-order valence-electron chi connectivity index (χ2n) is 8.25. The fraction of sp³-hybridized carbons (Fsp3) is 0.391. The molecule has 4 rings (SSSR count). The Morgan fingerprint density at radius 2 is 2.03 bits per heavy atom. The van der Waals surface area contributed by atoms with Crippen molar-refractivity contribution in [1.82, 2.24) is 8.87 Å². The van der Waals surface area contributed by atoms with E-state index in [0.29, 0.717) is 47.6 Å². The molecule has 36 heavy (non-hydrogen) atoms. The van der Waals surface area contributed by atoms with Crippen LogP contribution in [0.5, 0.6) is 0 Å². The van der Waals surface area contributed by atoms with Gasteiger partial charge in [0.1, 0.15) is 5.82 Å². The molecule has 1 aliphatic heterocycles. The Kier molecular flexibility index (Phi) is 7.93. The van der Waals surface area contributed by atoms with Gasteiger partial charge in [-0.2, -0.15) is 9.30 Å². The number of hydrogen-bond donors (Lipinski definition) is 0. The zero-order valence-corrected chi connectivity index (χ0v) is 21.1. The summed E-state index contributed by atoms with van der Waals surface area (Å²) >= 11 is 1.16. The van der Waals surface area contributed by atoms with Gasteiger partial charge in [-0.25, -0.2) is 12.8 Å². The Labute approximate surface area is 210 Å². The van der Waals surface area contributed by atoms with Crippen LogP contribution in [-0.4, -0.2) is 54.4 Å². The molecule has 192 valence electrons. The topological polar surface area (TPSA) is 124 Å². The molecule has 1 unspecified atom stereocenters. The average Bonchev–Trinajstić information content (AvgIpc) is 3.20. The summed E-state index contributed by atoms with van der Waals surface area (Å²) in [7, 11) is -3.88. The van der Waals surface area contributed by atoms with Gasteiger partial charge in [0, 0.05) is 38.4 Å². The molecule has 10 nitrogen and oxygen atoms in total. The number of ether oxygens (including phenoxy) is 1. The number of nitro benzene ring substituents is 1. The smallest absolute Gasteiger partial charge is 0.270 e. The Hall–Kier alpha value is -3.00. The molecule has 1 fully saturated rings. The van der Waals surface area contributed by atoms with Gasteiger partial charge in [-0.3, -0.25) is 14.9 Å².